The van der Waals surface area contributed by atoms with Gasteiger partial charge in [0.05, 0.1) is 18.5 Å². The lowest BCUT2D eigenvalue weighted by atomic mass is 10.1. The van der Waals surface area contributed by atoms with E-state index in [-0.39, 0.29) is 5.91 Å². The number of thiophene rings is 1. The lowest BCUT2D eigenvalue weighted by molar-refractivity contribution is 0.0950. The van der Waals surface area contributed by atoms with Crippen LogP contribution in [0.1, 0.15) is 35.1 Å². The van der Waals surface area contributed by atoms with Crippen molar-refractivity contribution in [1.82, 2.24) is 15.6 Å². The van der Waals surface area contributed by atoms with Gasteiger partial charge in [0, 0.05) is 10.4 Å². The van der Waals surface area contributed by atoms with Gasteiger partial charge in [-0.2, -0.15) is 10.2 Å². The zero-order chi connectivity index (χ0) is 18.2. The van der Waals surface area contributed by atoms with Gasteiger partial charge in [0.1, 0.15) is 11.4 Å². The van der Waals surface area contributed by atoms with Gasteiger partial charge in [-0.25, -0.2) is 5.43 Å². The second-order valence-electron chi connectivity index (χ2n) is 5.61. The number of unbranched alkanes of at least 4 members (excludes halogenated alkanes) is 1. The van der Waals surface area contributed by atoms with Gasteiger partial charge in [-0.15, -0.1) is 11.3 Å². The molecule has 3 rings (SSSR count). The van der Waals surface area contributed by atoms with Crippen molar-refractivity contribution in [3.63, 3.8) is 0 Å². The highest BCUT2D eigenvalue weighted by Gasteiger charge is 2.10. The van der Waals surface area contributed by atoms with Crippen LogP contribution in [0.2, 0.25) is 0 Å². The normalized spacial score (nSPS) is 11.0. The Morgan fingerprint density at radius 3 is 2.92 bits per heavy atom. The SMILES string of the molecule is CCCCOc1ccc(-c2cc(C(=O)N/N=C\c3cccs3)[nH]n2)cc1. The van der Waals surface area contributed by atoms with E-state index in [0.29, 0.717) is 18.0 Å². The number of hydrogen-bond acceptors (Lipinski definition) is 5. The average molecular weight is 368 g/mol. The number of carbonyl (C=O) groups is 1. The quantitative estimate of drug-likeness (QED) is 0.357. The van der Waals surface area contributed by atoms with E-state index < -0.39 is 0 Å². The van der Waals surface area contributed by atoms with Gasteiger partial charge in [0.2, 0.25) is 0 Å². The first-order valence-corrected chi connectivity index (χ1v) is 9.30. The second kappa shape index (κ2) is 8.96. The molecule has 0 radical (unpaired) electrons. The Morgan fingerprint density at radius 2 is 2.19 bits per heavy atom. The van der Waals surface area contributed by atoms with E-state index in [1.54, 1.807) is 23.6 Å². The van der Waals surface area contributed by atoms with Gasteiger partial charge in [0.15, 0.2) is 0 Å². The summed E-state index contributed by atoms with van der Waals surface area (Å²) in [6, 6.07) is 13.2. The van der Waals surface area contributed by atoms with Gasteiger partial charge in [-0.05, 0) is 48.2 Å². The topological polar surface area (TPSA) is 79.4 Å². The van der Waals surface area contributed by atoms with Crippen molar-refractivity contribution in [1.29, 1.82) is 0 Å². The molecule has 1 amide bonds. The predicted molar refractivity (Wildman–Crippen MR) is 104 cm³/mol. The van der Waals surface area contributed by atoms with E-state index in [2.05, 4.69) is 27.6 Å². The highest BCUT2D eigenvalue weighted by Crippen LogP contribution is 2.21. The van der Waals surface area contributed by atoms with Crippen molar-refractivity contribution in [3.05, 3.63) is 58.4 Å². The predicted octanol–water partition coefficient (Wildman–Crippen LogP) is 4.08. The third-order valence-corrected chi connectivity index (χ3v) is 4.45. The number of nitrogens with one attached hydrogen (secondary N) is 2. The maximum atomic E-state index is 12.1. The molecule has 0 saturated heterocycles. The summed E-state index contributed by atoms with van der Waals surface area (Å²) >= 11 is 1.55. The van der Waals surface area contributed by atoms with Crippen molar-refractivity contribution in [3.8, 4) is 17.0 Å². The van der Waals surface area contributed by atoms with Crippen LogP contribution in [0, 0.1) is 0 Å². The molecular weight excluding hydrogens is 348 g/mol. The number of aromatic nitrogens is 2. The summed E-state index contributed by atoms with van der Waals surface area (Å²) in [4.78, 5) is 13.1. The highest BCUT2D eigenvalue weighted by molar-refractivity contribution is 7.11. The third-order valence-electron chi connectivity index (χ3n) is 3.64. The number of hydrogen-bond donors (Lipinski definition) is 2. The summed E-state index contributed by atoms with van der Waals surface area (Å²) in [5, 5.41) is 12.8. The maximum Gasteiger partial charge on any atom is 0.289 e. The molecule has 0 atom stereocenters. The Hall–Kier alpha value is -2.93. The van der Waals surface area contributed by atoms with E-state index in [4.69, 9.17) is 4.74 Å². The lowest BCUT2D eigenvalue weighted by Crippen LogP contribution is -2.17. The minimum Gasteiger partial charge on any atom is -0.494 e. The Bertz CT molecular complexity index is 854. The van der Waals surface area contributed by atoms with E-state index in [1.807, 2.05) is 41.8 Å². The molecule has 3 aromatic rings. The van der Waals surface area contributed by atoms with E-state index in [9.17, 15) is 4.79 Å². The molecule has 7 heteroatoms. The summed E-state index contributed by atoms with van der Waals surface area (Å²) < 4.78 is 5.65. The van der Waals surface area contributed by atoms with Crippen LogP contribution in [0.25, 0.3) is 11.3 Å². The Labute approximate surface area is 155 Å². The molecule has 2 N–H and O–H groups in total. The Balaban J connectivity index is 1.59. The minimum absolute atomic E-state index is 0.337. The van der Waals surface area contributed by atoms with E-state index in [0.717, 1.165) is 29.0 Å². The fourth-order valence-corrected chi connectivity index (χ4v) is 2.81. The first kappa shape index (κ1) is 17.9. The van der Waals surface area contributed by atoms with Gasteiger partial charge in [-0.1, -0.05) is 19.4 Å². The van der Waals surface area contributed by atoms with Crippen LogP contribution in [0.3, 0.4) is 0 Å². The number of carbonyl (C=O) groups excluding carboxylic acids is 1. The Morgan fingerprint density at radius 1 is 1.35 bits per heavy atom. The molecule has 2 aromatic heterocycles. The number of H-pyrrole nitrogens is 1. The maximum absolute atomic E-state index is 12.1. The first-order valence-electron chi connectivity index (χ1n) is 8.42. The second-order valence-corrected chi connectivity index (χ2v) is 6.59. The van der Waals surface area contributed by atoms with Crippen molar-refractivity contribution >= 4 is 23.5 Å². The molecule has 2 heterocycles. The third kappa shape index (κ3) is 4.80. The van der Waals surface area contributed by atoms with Crippen LogP contribution in [0.4, 0.5) is 0 Å². The van der Waals surface area contributed by atoms with Crippen molar-refractivity contribution in [2.45, 2.75) is 19.8 Å². The fourth-order valence-electron chi connectivity index (χ4n) is 2.22. The summed E-state index contributed by atoms with van der Waals surface area (Å²) in [5.41, 5.74) is 4.44. The fraction of sp³-hybridized carbons (Fsp3) is 0.211. The number of benzene rings is 1. The standard InChI is InChI=1S/C19H20N4O2S/c1-2-3-10-25-15-8-6-14(7-9-15)17-12-18(22-21-17)19(24)23-20-13-16-5-4-11-26-16/h4-9,11-13H,2-3,10H2,1H3,(H,21,22)(H,23,24)/b20-13-. The molecule has 6 nitrogen and oxygen atoms in total. The summed E-state index contributed by atoms with van der Waals surface area (Å²) in [6.07, 6.45) is 3.75. The van der Waals surface area contributed by atoms with E-state index >= 15 is 0 Å². The van der Waals surface area contributed by atoms with Crippen LogP contribution in [-0.4, -0.2) is 28.9 Å². The van der Waals surface area contributed by atoms with Crippen LogP contribution in [-0.2, 0) is 0 Å². The first-order chi connectivity index (χ1) is 12.8. The molecule has 0 spiro atoms. The van der Waals surface area contributed by atoms with Crippen LogP contribution in [0.15, 0.2) is 52.9 Å². The number of aromatic amines is 1. The molecule has 0 aliphatic carbocycles. The van der Waals surface area contributed by atoms with Gasteiger partial charge in [0.25, 0.3) is 5.91 Å². The molecule has 134 valence electrons. The molecule has 0 saturated carbocycles. The molecule has 26 heavy (non-hydrogen) atoms. The number of amides is 1. The number of rotatable bonds is 8. The van der Waals surface area contributed by atoms with Crippen LogP contribution in [0.5, 0.6) is 5.75 Å². The number of ether oxygens (including phenoxy) is 1. The largest absolute Gasteiger partial charge is 0.494 e. The zero-order valence-corrected chi connectivity index (χ0v) is 15.3. The smallest absolute Gasteiger partial charge is 0.289 e. The summed E-state index contributed by atoms with van der Waals surface area (Å²) in [6.45, 7) is 2.85. The molecule has 0 fully saturated rings. The number of hydrazone groups is 1. The zero-order valence-electron chi connectivity index (χ0n) is 14.4. The van der Waals surface area contributed by atoms with Crippen molar-refractivity contribution in [2.75, 3.05) is 6.61 Å². The van der Waals surface area contributed by atoms with Gasteiger partial charge < -0.3 is 4.74 Å². The molecule has 1 aromatic carbocycles. The Kier molecular flexibility index (Phi) is 6.16. The van der Waals surface area contributed by atoms with E-state index in [1.165, 1.54) is 0 Å². The lowest BCUT2D eigenvalue weighted by Gasteiger charge is -2.05. The monoisotopic (exact) mass is 368 g/mol. The molecule has 0 bridgehead atoms. The van der Waals surface area contributed by atoms with Crippen LogP contribution >= 0.6 is 11.3 Å². The summed E-state index contributed by atoms with van der Waals surface area (Å²) in [5.74, 6) is 0.495. The molecule has 0 aliphatic heterocycles. The highest BCUT2D eigenvalue weighted by atomic mass is 32.1. The summed E-state index contributed by atoms with van der Waals surface area (Å²) in [7, 11) is 0. The van der Waals surface area contributed by atoms with Gasteiger partial charge in [-0.3, -0.25) is 9.89 Å². The van der Waals surface area contributed by atoms with Crippen LogP contribution < -0.4 is 10.2 Å². The van der Waals surface area contributed by atoms with Crippen molar-refractivity contribution < 1.29 is 9.53 Å². The minimum atomic E-state index is -0.337. The molecule has 0 aliphatic rings. The number of nitrogens with zero attached hydrogens (tertiary/aromatic N) is 2. The van der Waals surface area contributed by atoms with Crippen molar-refractivity contribution in [2.24, 2.45) is 5.10 Å². The molecular formula is C19H20N4O2S. The molecule has 0 unspecified atom stereocenters. The van der Waals surface area contributed by atoms with Gasteiger partial charge >= 0.3 is 0 Å². The average Bonchev–Trinajstić information content (AvgIpc) is 3.34.